The standard InChI is InChI=1S/C67H130O17P2/c1-9-59(7)45-37-29-21-16-17-22-31-39-47-64(69)77-53-62(83-66(71)49-41-33-23-15-13-11-12-14-19-27-35-43-57(3)4)55-81-85(73,74)79-51-61(68)52-80-86(75,76)82-56-63(84-67(72)50-42-34-26-25-30-38-46-60(8)10-2)54-78-65(70)48-40-32-24-18-20-28-36-44-58(5)6/h57-63,68H,9-56H2,1-8H3,(H,73,74)(H,75,76)/t59?,60?,61?,62-,63-/m1/s1. The Morgan fingerprint density at radius 3 is 0.826 bits per heavy atom. The van der Waals surface area contributed by atoms with E-state index in [1.165, 1.54) is 122 Å². The van der Waals surface area contributed by atoms with Gasteiger partial charge in [-0.25, -0.2) is 9.13 Å². The molecule has 0 aromatic heterocycles. The minimum atomic E-state index is -4.95. The van der Waals surface area contributed by atoms with Crippen molar-refractivity contribution in [3.05, 3.63) is 0 Å². The van der Waals surface area contributed by atoms with E-state index in [0.717, 1.165) is 114 Å². The Morgan fingerprint density at radius 1 is 0.326 bits per heavy atom. The fourth-order valence-corrected chi connectivity index (χ4v) is 11.5. The first kappa shape index (κ1) is 84.1. The summed E-state index contributed by atoms with van der Waals surface area (Å²) in [7, 11) is -9.90. The average Bonchev–Trinajstić information content (AvgIpc) is 3.67. The van der Waals surface area contributed by atoms with Gasteiger partial charge in [-0.3, -0.25) is 37.3 Å². The molecule has 19 heteroatoms. The van der Waals surface area contributed by atoms with E-state index in [1.54, 1.807) is 0 Å². The molecule has 0 saturated carbocycles. The lowest BCUT2D eigenvalue weighted by molar-refractivity contribution is -0.161. The first-order chi connectivity index (χ1) is 41.2. The Bertz CT molecular complexity index is 1720. The Labute approximate surface area is 524 Å². The number of esters is 4. The molecule has 7 atom stereocenters. The molecule has 0 saturated heterocycles. The van der Waals surface area contributed by atoms with Gasteiger partial charge in [-0.2, -0.15) is 0 Å². The summed E-state index contributed by atoms with van der Waals surface area (Å²) in [6.45, 7) is 14.0. The van der Waals surface area contributed by atoms with Gasteiger partial charge in [0.25, 0.3) is 0 Å². The summed E-state index contributed by atoms with van der Waals surface area (Å²) in [4.78, 5) is 72.4. The van der Waals surface area contributed by atoms with Crippen LogP contribution in [-0.4, -0.2) is 96.7 Å². The molecule has 0 radical (unpaired) electrons. The summed E-state index contributed by atoms with van der Waals surface area (Å²) >= 11 is 0. The Balaban J connectivity index is 5.27. The highest BCUT2D eigenvalue weighted by molar-refractivity contribution is 7.47. The lowest BCUT2D eigenvalue weighted by atomic mass is 9.99. The maximum absolute atomic E-state index is 13.0. The summed E-state index contributed by atoms with van der Waals surface area (Å²) in [5.41, 5.74) is 0. The predicted molar refractivity (Wildman–Crippen MR) is 344 cm³/mol. The summed E-state index contributed by atoms with van der Waals surface area (Å²) in [5.74, 6) is 0.831. The summed E-state index contributed by atoms with van der Waals surface area (Å²) in [6.07, 6.45) is 37.6. The average molecular weight is 1270 g/mol. The second kappa shape index (κ2) is 57.0. The summed E-state index contributed by atoms with van der Waals surface area (Å²) in [6, 6.07) is 0. The van der Waals surface area contributed by atoms with E-state index in [2.05, 4.69) is 55.4 Å². The second-order valence-electron chi connectivity index (χ2n) is 25.6. The topological polar surface area (TPSA) is 237 Å². The van der Waals surface area contributed by atoms with Gasteiger partial charge in [0.2, 0.25) is 0 Å². The second-order valence-corrected chi connectivity index (χ2v) is 28.6. The normalized spacial score (nSPS) is 15.0. The first-order valence-electron chi connectivity index (χ1n) is 34.8. The van der Waals surface area contributed by atoms with Crippen LogP contribution in [0, 0.1) is 23.7 Å². The van der Waals surface area contributed by atoms with Crippen molar-refractivity contribution >= 4 is 39.5 Å². The molecule has 0 fully saturated rings. The molecule has 0 aromatic carbocycles. The van der Waals surface area contributed by atoms with Crippen molar-refractivity contribution in [1.29, 1.82) is 0 Å². The van der Waals surface area contributed by atoms with Gasteiger partial charge in [-0.15, -0.1) is 0 Å². The number of ether oxygens (including phenoxy) is 4. The number of rotatable bonds is 64. The molecule has 86 heavy (non-hydrogen) atoms. The molecule has 0 aliphatic carbocycles. The molecule has 0 aliphatic rings. The van der Waals surface area contributed by atoms with Gasteiger partial charge in [-0.1, -0.05) is 274 Å². The predicted octanol–water partition coefficient (Wildman–Crippen LogP) is 18.5. The van der Waals surface area contributed by atoms with Crippen LogP contribution in [0.5, 0.6) is 0 Å². The van der Waals surface area contributed by atoms with E-state index in [1.807, 2.05) is 0 Å². The zero-order valence-electron chi connectivity index (χ0n) is 55.9. The van der Waals surface area contributed by atoms with Crippen LogP contribution in [0.4, 0.5) is 0 Å². The summed E-state index contributed by atoms with van der Waals surface area (Å²) in [5, 5.41) is 10.6. The highest BCUT2D eigenvalue weighted by Crippen LogP contribution is 2.45. The highest BCUT2D eigenvalue weighted by atomic mass is 31.2. The van der Waals surface area contributed by atoms with Crippen LogP contribution in [-0.2, 0) is 65.4 Å². The van der Waals surface area contributed by atoms with Crippen LogP contribution in [0.1, 0.15) is 325 Å². The molecule has 0 rings (SSSR count). The van der Waals surface area contributed by atoms with Crippen molar-refractivity contribution in [2.75, 3.05) is 39.6 Å². The SMILES string of the molecule is CCC(C)CCCCCCCCCCC(=O)OC[C@H](COP(=O)(O)OCC(O)COP(=O)(O)OC[C@@H](COC(=O)CCCCCCCCCC(C)C)OC(=O)CCCCCCCCC(C)CC)OC(=O)CCCCCCCCCCCCCC(C)C. The quantitative estimate of drug-likeness (QED) is 0.0222. The van der Waals surface area contributed by atoms with E-state index >= 15 is 0 Å². The number of aliphatic hydroxyl groups excluding tert-OH is 1. The molecule has 0 bridgehead atoms. The van der Waals surface area contributed by atoms with E-state index in [0.29, 0.717) is 31.6 Å². The van der Waals surface area contributed by atoms with Gasteiger partial charge in [0.15, 0.2) is 12.2 Å². The van der Waals surface area contributed by atoms with Crippen LogP contribution in [0.3, 0.4) is 0 Å². The molecule has 0 aromatic rings. The van der Waals surface area contributed by atoms with Crippen molar-refractivity contribution < 1.29 is 80.2 Å². The number of carbonyl (C=O) groups is 4. The molecule has 0 amide bonds. The number of hydrogen-bond donors (Lipinski definition) is 3. The van der Waals surface area contributed by atoms with E-state index in [4.69, 9.17) is 37.0 Å². The fourth-order valence-electron chi connectivity index (χ4n) is 9.89. The monoisotopic (exact) mass is 1270 g/mol. The number of unbranched alkanes of at least 4 members (excludes halogenated alkanes) is 28. The van der Waals surface area contributed by atoms with E-state index in [9.17, 15) is 43.2 Å². The van der Waals surface area contributed by atoms with Gasteiger partial charge in [0.05, 0.1) is 26.4 Å². The zero-order valence-corrected chi connectivity index (χ0v) is 57.7. The number of phosphoric acid groups is 2. The molecule has 510 valence electrons. The van der Waals surface area contributed by atoms with Crippen LogP contribution >= 0.6 is 15.6 Å². The number of phosphoric ester groups is 2. The van der Waals surface area contributed by atoms with Crippen molar-refractivity contribution in [3.8, 4) is 0 Å². The van der Waals surface area contributed by atoms with Gasteiger partial charge in [0.1, 0.15) is 19.3 Å². The molecule has 0 spiro atoms. The van der Waals surface area contributed by atoms with Gasteiger partial charge in [0, 0.05) is 25.7 Å². The minimum Gasteiger partial charge on any atom is -0.462 e. The van der Waals surface area contributed by atoms with E-state index < -0.39 is 97.5 Å². The van der Waals surface area contributed by atoms with Crippen LogP contribution in [0.25, 0.3) is 0 Å². The van der Waals surface area contributed by atoms with Gasteiger partial charge < -0.3 is 33.8 Å². The smallest absolute Gasteiger partial charge is 0.462 e. The van der Waals surface area contributed by atoms with Gasteiger partial charge >= 0.3 is 39.5 Å². The van der Waals surface area contributed by atoms with Crippen molar-refractivity contribution in [2.45, 2.75) is 343 Å². The lowest BCUT2D eigenvalue weighted by Crippen LogP contribution is -2.30. The molecular formula is C67H130O17P2. The molecule has 5 unspecified atom stereocenters. The third-order valence-corrected chi connectivity index (χ3v) is 17.9. The maximum Gasteiger partial charge on any atom is 0.472 e. The summed E-state index contributed by atoms with van der Waals surface area (Å²) < 4.78 is 68.1. The number of carbonyl (C=O) groups excluding carboxylic acids is 4. The largest absolute Gasteiger partial charge is 0.472 e. The Hall–Kier alpha value is -1.94. The van der Waals surface area contributed by atoms with Gasteiger partial charge in [-0.05, 0) is 49.4 Å². The highest BCUT2D eigenvalue weighted by Gasteiger charge is 2.30. The van der Waals surface area contributed by atoms with Crippen molar-refractivity contribution in [2.24, 2.45) is 23.7 Å². The number of aliphatic hydroxyl groups is 1. The molecular weight excluding hydrogens is 1140 g/mol. The minimum absolute atomic E-state index is 0.102. The van der Waals surface area contributed by atoms with Crippen LogP contribution in [0.15, 0.2) is 0 Å². The number of hydrogen-bond acceptors (Lipinski definition) is 15. The lowest BCUT2D eigenvalue weighted by Gasteiger charge is -2.21. The molecule has 0 heterocycles. The third kappa shape index (κ3) is 58.4. The maximum atomic E-state index is 13.0. The molecule has 3 N–H and O–H groups in total. The first-order valence-corrected chi connectivity index (χ1v) is 37.8. The van der Waals surface area contributed by atoms with Crippen molar-refractivity contribution in [1.82, 2.24) is 0 Å². The fraction of sp³-hybridized carbons (Fsp3) is 0.940. The Morgan fingerprint density at radius 2 is 0.558 bits per heavy atom. The van der Waals surface area contributed by atoms with Crippen LogP contribution < -0.4 is 0 Å². The molecule has 17 nitrogen and oxygen atoms in total. The van der Waals surface area contributed by atoms with E-state index in [-0.39, 0.29) is 25.7 Å². The van der Waals surface area contributed by atoms with Crippen molar-refractivity contribution in [3.63, 3.8) is 0 Å². The zero-order chi connectivity index (χ0) is 63.9. The Kier molecular flexibility index (Phi) is 55.7. The van der Waals surface area contributed by atoms with Crippen LogP contribution in [0.2, 0.25) is 0 Å². The molecule has 0 aliphatic heterocycles. The third-order valence-electron chi connectivity index (χ3n) is 16.0.